The number of rotatable bonds is 13. The second kappa shape index (κ2) is 17.1. The Labute approximate surface area is 298 Å². The summed E-state index contributed by atoms with van der Waals surface area (Å²) in [4.78, 5) is 25.1. The van der Waals surface area contributed by atoms with Gasteiger partial charge in [-0.15, -0.1) is 5.10 Å². The van der Waals surface area contributed by atoms with Gasteiger partial charge in [-0.05, 0) is 56.9 Å². The second-order valence-corrected chi connectivity index (χ2v) is 12.9. The number of benzene rings is 4. The van der Waals surface area contributed by atoms with Gasteiger partial charge in [0.1, 0.15) is 11.8 Å². The SMILES string of the molecule is COC(=O)[C@H](Cc1ccccc1)NC(=O)NCc1ccc([C@@H]2O[C@H](CSc3nnnn3-c3ccc(O)cc3)C[C@H](c3ccc(CO)cc3)O2)cc1. The minimum absolute atomic E-state index is 0.0467. The maximum absolute atomic E-state index is 12.8. The molecule has 5 aromatic rings. The summed E-state index contributed by atoms with van der Waals surface area (Å²) in [6, 6.07) is 30.0. The number of methoxy groups -OCH3 is 1. The molecule has 0 saturated carbocycles. The molecule has 6 rings (SSSR count). The van der Waals surface area contributed by atoms with Crippen LogP contribution in [0.25, 0.3) is 5.69 Å². The molecule has 0 aliphatic carbocycles. The van der Waals surface area contributed by atoms with Crippen molar-refractivity contribution in [2.75, 3.05) is 12.9 Å². The number of amides is 2. The number of aromatic hydroxyl groups is 1. The first kappa shape index (κ1) is 35.5. The number of ether oxygens (including phenoxy) is 3. The number of hydrogen-bond donors (Lipinski definition) is 4. The monoisotopic (exact) mass is 710 g/mol. The summed E-state index contributed by atoms with van der Waals surface area (Å²) >= 11 is 1.45. The van der Waals surface area contributed by atoms with Crippen molar-refractivity contribution in [3.05, 3.63) is 131 Å². The lowest BCUT2D eigenvalue weighted by Crippen LogP contribution is -2.47. The molecule has 51 heavy (non-hydrogen) atoms. The number of aliphatic hydroxyl groups is 1. The van der Waals surface area contributed by atoms with Gasteiger partial charge < -0.3 is 35.1 Å². The van der Waals surface area contributed by atoms with Crippen LogP contribution < -0.4 is 10.6 Å². The van der Waals surface area contributed by atoms with Gasteiger partial charge in [-0.1, -0.05) is 90.6 Å². The molecular formula is C37H38N6O7S. The van der Waals surface area contributed by atoms with Crippen LogP contribution in [0.3, 0.4) is 0 Å². The molecule has 2 heterocycles. The van der Waals surface area contributed by atoms with Crippen LogP contribution in [0.2, 0.25) is 0 Å². The molecule has 4 N–H and O–H groups in total. The molecule has 4 atom stereocenters. The minimum atomic E-state index is -0.834. The molecule has 13 nitrogen and oxygen atoms in total. The molecule has 1 aliphatic heterocycles. The minimum Gasteiger partial charge on any atom is -0.508 e. The van der Waals surface area contributed by atoms with Crippen molar-refractivity contribution in [3.8, 4) is 11.4 Å². The molecule has 4 aromatic carbocycles. The number of hydrogen-bond acceptors (Lipinski definition) is 11. The Kier molecular flexibility index (Phi) is 11.9. The molecule has 1 fully saturated rings. The number of tetrazole rings is 1. The molecule has 2 amide bonds. The molecule has 1 aromatic heterocycles. The fourth-order valence-electron chi connectivity index (χ4n) is 5.58. The Bertz CT molecular complexity index is 1870. The van der Waals surface area contributed by atoms with Crippen LogP contribution in [-0.2, 0) is 38.6 Å². The van der Waals surface area contributed by atoms with Crippen LogP contribution in [-0.4, -0.2) is 67.4 Å². The lowest BCUT2D eigenvalue weighted by atomic mass is 10.0. The third kappa shape index (κ3) is 9.49. The number of carbonyl (C=O) groups excluding carboxylic acids is 2. The number of nitrogens with zero attached hydrogens (tertiary/aromatic N) is 4. The number of esters is 1. The van der Waals surface area contributed by atoms with Crippen molar-refractivity contribution in [2.45, 2.75) is 55.7 Å². The highest BCUT2D eigenvalue weighted by Crippen LogP contribution is 2.39. The standard InChI is InChI=1S/C37H38N6O7S/c1-48-34(46)32(19-24-5-3-2-4-6-24)39-36(47)38-21-25-7-13-28(14-8-25)35-49-31(20-33(50-35)27-11-9-26(22-44)10-12-27)23-51-37-40-41-42-43(37)29-15-17-30(45)18-16-29/h2-18,31-33,35,44-45H,19-23H2,1H3,(H2,38,39,47)/t31-,32-,33+,35+/m0/s1. The third-order valence-electron chi connectivity index (χ3n) is 8.33. The molecule has 1 saturated heterocycles. The summed E-state index contributed by atoms with van der Waals surface area (Å²) in [6.07, 6.45) is -0.303. The first-order valence-electron chi connectivity index (χ1n) is 16.3. The number of phenolic OH excluding ortho intramolecular Hbond substituents is 1. The van der Waals surface area contributed by atoms with Crippen molar-refractivity contribution in [1.82, 2.24) is 30.8 Å². The predicted octanol–water partition coefficient (Wildman–Crippen LogP) is 4.78. The maximum atomic E-state index is 12.8. The van der Waals surface area contributed by atoms with Gasteiger partial charge >= 0.3 is 12.0 Å². The lowest BCUT2D eigenvalue weighted by molar-refractivity contribution is -0.245. The Morgan fingerprint density at radius 2 is 1.63 bits per heavy atom. The summed E-state index contributed by atoms with van der Waals surface area (Å²) in [6.45, 7) is 0.182. The topological polar surface area (TPSA) is 170 Å². The van der Waals surface area contributed by atoms with E-state index in [0.717, 1.165) is 33.5 Å². The third-order valence-corrected chi connectivity index (χ3v) is 9.38. The largest absolute Gasteiger partial charge is 0.508 e. The van der Waals surface area contributed by atoms with Crippen LogP contribution in [0, 0.1) is 0 Å². The first-order chi connectivity index (χ1) is 24.9. The molecule has 264 valence electrons. The Morgan fingerprint density at radius 1 is 0.922 bits per heavy atom. The fraction of sp³-hybridized carbons (Fsp3) is 0.270. The van der Waals surface area contributed by atoms with Gasteiger partial charge in [-0.3, -0.25) is 0 Å². The number of nitrogens with one attached hydrogen (secondary N) is 2. The first-order valence-corrected chi connectivity index (χ1v) is 17.3. The van der Waals surface area contributed by atoms with E-state index in [1.54, 1.807) is 28.9 Å². The number of thioether (sulfide) groups is 1. The number of phenols is 1. The smallest absolute Gasteiger partial charge is 0.328 e. The molecule has 0 unspecified atom stereocenters. The van der Waals surface area contributed by atoms with E-state index in [1.165, 1.54) is 18.9 Å². The maximum Gasteiger partial charge on any atom is 0.328 e. The van der Waals surface area contributed by atoms with E-state index in [0.29, 0.717) is 23.8 Å². The van der Waals surface area contributed by atoms with Crippen LogP contribution in [0.5, 0.6) is 5.75 Å². The van der Waals surface area contributed by atoms with Crippen LogP contribution in [0.15, 0.2) is 108 Å². The van der Waals surface area contributed by atoms with Crippen molar-refractivity contribution in [3.63, 3.8) is 0 Å². The van der Waals surface area contributed by atoms with Crippen molar-refractivity contribution in [2.24, 2.45) is 0 Å². The molecule has 0 spiro atoms. The van der Waals surface area contributed by atoms with E-state index in [2.05, 4.69) is 26.2 Å². The number of aliphatic hydroxyl groups excluding tert-OH is 1. The summed E-state index contributed by atoms with van der Waals surface area (Å²) in [5, 5.41) is 37.5. The normalized spacial score (nSPS) is 17.7. The average molecular weight is 711 g/mol. The summed E-state index contributed by atoms with van der Waals surface area (Å²) in [5.41, 5.74) is 5.04. The zero-order valence-electron chi connectivity index (χ0n) is 27.8. The van der Waals surface area contributed by atoms with Gasteiger partial charge in [-0.25, -0.2) is 9.59 Å². The van der Waals surface area contributed by atoms with Crippen molar-refractivity contribution >= 4 is 23.8 Å². The van der Waals surface area contributed by atoms with E-state index in [1.807, 2.05) is 78.9 Å². The highest BCUT2D eigenvalue weighted by Gasteiger charge is 2.33. The van der Waals surface area contributed by atoms with E-state index in [9.17, 15) is 19.8 Å². The zero-order chi connectivity index (χ0) is 35.6. The highest BCUT2D eigenvalue weighted by atomic mass is 32.2. The van der Waals surface area contributed by atoms with E-state index in [4.69, 9.17) is 14.2 Å². The molecule has 0 bridgehead atoms. The van der Waals surface area contributed by atoms with Crippen LogP contribution >= 0.6 is 11.8 Å². The number of aromatic nitrogens is 4. The summed E-state index contributed by atoms with van der Waals surface area (Å²) in [5.74, 6) is 0.164. The van der Waals surface area contributed by atoms with E-state index < -0.39 is 24.3 Å². The fourth-order valence-corrected chi connectivity index (χ4v) is 6.49. The van der Waals surface area contributed by atoms with Gasteiger partial charge in [0, 0.05) is 30.7 Å². The van der Waals surface area contributed by atoms with Crippen LogP contribution in [0.4, 0.5) is 4.79 Å². The van der Waals surface area contributed by atoms with Crippen molar-refractivity contribution < 1.29 is 34.0 Å². The van der Waals surface area contributed by atoms with E-state index in [-0.39, 0.29) is 31.1 Å². The predicted molar refractivity (Wildman–Crippen MR) is 188 cm³/mol. The highest BCUT2D eigenvalue weighted by molar-refractivity contribution is 7.99. The molecule has 14 heteroatoms. The Morgan fingerprint density at radius 3 is 2.33 bits per heavy atom. The quantitative estimate of drug-likeness (QED) is 0.0980. The average Bonchev–Trinajstić information content (AvgIpc) is 3.65. The van der Waals surface area contributed by atoms with Gasteiger partial charge in [0.2, 0.25) is 5.16 Å². The number of urea groups is 1. The second-order valence-electron chi connectivity index (χ2n) is 11.9. The molecular weight excluding hydrogens is 673 g/mol. The number of carbonyl (C=O) groups is 2. The zero-order valence-corrected chi connectivity index (χ0v) is 28.6. The van der Waals surface area contributed by atoms with Crippen LogP contribution in [0.1, 0.15) is 46.6 Å². The van der Waals surface area contributed by atoms with E-state index >= 15 is 0 Å². The summed E-state index contributed by atoms with van der Waals surface area (Å²) in [7, 11) is 1.29. The van der Waals surface area contributed by atoms with Gasteiger partial charge in [-0.2, -0.15) is 4.68 Å². The summed E-state index contributed by atoms with van der Waals surface area (Å²) < 4.78 is 19.5. The Balaban J connectivity index is 1.10. The van der Waals surface area contributed by atoms with Gasteiger partial charge in [0.15, 0.2) is 6.29 Å². The molecule has 0 radical (unpaired) electrons. The van der Waals surface area contributed by atoms with Gasteiger partial charge in [0.25, 0.3) is 0 Å². The Hall–Kier alpha value is -5.28. The lowest BCUT2D eigenvalue weighted by Gasteiger charge is -2.36. The van der Waals surface area contributed by atoms with Gasteiger partial charge in [0.05, 0.1) is 31.6 Å². The molecule has 1 aliphatic rings. The van der Waals surface area contributed by atoms with Crippen molar-refractivity contribution in [1.29, 1.82) is 0 Å².